The summed E-state index contributed by atoms with van der Waals surface area (Å²) < 4.78 is 4.82. The molecule has 0 bridgehead atoms. The highest BCUT2D eigenvalue weighted by Gasteiger charge is 1.94. The molecule has 0 radical (unpaired) electrons. The molecule has 2 nitrogen and oxygen atoms in total. The Bertz CT molecular complexity index is 388. The van der Waals surface area contributed by atoms with Crippen molar-refractivity contribution in [3.8, 4) is 0 Å². The molecular formula is C14H16O2. The van der Waals surface area contributed by atoms with E-state index in [4.69, 9.17) is 4.74 Å². The van der Waals surface area contributed by atoms with Crippen molar-refractivity contribution in [2.24, 2.45) is 0 Å². The van der Waals surface area contributed by atoms with E-state index in [9.17, 15) is 4.79 Å². The summed E-state index contributed by atoms with van der Waals surface area (Å²) in [4.78, 5) is 11.1. The van der Waals surface area contributed by atoms with Gasteiger partial charge in [-0.25, -0.2) is 4.79 Å². The van der Waals surface area contributed by atoms with E-state index in [0.717, 1.165) is 11.1 Å². The van der Waals surface area contributed by atoms with Crippen LogP contribution in [0.4, 0.5) is 0 Å². The minimum Gasteiger partial charge on any atom is -0.463 e. The Morgan fingerprint density at radius 1 is 1.31 bits per heavy atom. The molecule has 0 aliphatic carbocycles. The molecule has 0 saturated heterocycles. The normalized spacial score (nSPS) is 11.8. The van der Waals surface area contributed by atoms with Crippen LogP contribution >= 0.6 is 0 Å². The van der Waals surface area contributed by atoms with E-state index in [1.54, 1.807) is 6.92 Å². The monoisotopic (exact) mass is 216 g/mol. The van der Waals surface area contributed by atoms with Crippen LogP contribution in [0.5, 0.6) is 0 Å². The van der Waals surface area contributed by atoms with Crippen LogP contribution in [0.1, 0.15) is 19.4 Å². The standard InChI is InChI=1S/C14H16O2/c1-3-16-14(15)11-12(2)9-10-13-7-5-4-6-8-13/h4-11H,3H2,1-2H3. The molecule has 0 saturated carbocycles. The second kappa shape index (κ2) is 6.62. The summed E-state index contributed by atoms with van der Waals surface area (Å²) in [5.41, 5.74) is 1.99. The van der Waals surface area contributed by atoms with Gasteiger partial charge in [0.15, 0.2) is 0 Å². The highest BCUT2D eigenvalue weighted by molar-refractivity contribution is 5.83. The van der Waals surface area contributed by atoms with Gasteiger partial charge in [-0.1, -0.05) is 42.5 Å². The van der Waals surface area contributed by atoms with E-state index in [2.05, 4.69) is 0 Å². The minimum absolute atomic E-state index is 0.294. The third kappa shape index (κ3) is 4.60. The summed E-state index contributed by atoms with van der Waals surface area (Å²) >= 11 is 0. The van der Waals surface area contributed by atoms with Crippen LogP contribution in [0.2, 0.25) is 0 Å². The first-order valence-corrected chi connectivity index (χ1v) is 5.30. The molecule has 0 aliphatic rings. The lowest BCUT2D eigenvalue weighted by Crippen LogP contribution is -1.99. The molecule has 1 rings (SSSR count). The fraction of sp³-hybridized carbons (Fsp3) is 0.214. The number of allylic oxidation sites excluding steroid dienone is 2. The number of carbonyl (C=O) groups is 1. The van der Waals surface area contributed by atoms with E-state index in [1.807, 2.05) is 49.4 Å². The van der Waals surface area contributed by atoms with Crippen LogP contribution in [-0.4, -0.2) is 12.6 Å². The van der Waals surface area contributed by atoms with E-state index in [-0.39, 0.29) is 5.97 Å². The molecule has 1 aromatic carbocycles. The van der Waals surface area contributed by atoms with Crippen molar-refractivity contribution >= 4 is 12.0 Å². The Labute approximate surface area is 96.2 Å². The maximum Gasteiger partial charge on any atom is 0.330 e. The maximum atomic E-state index is 11.1. The van der Waals surface area contributed by atoms with Crippen molar-refractivity contribution in [2.75, 3.05) is 6.61 Å². The molecule has 0 atom stereocenters. The number of esters is 1. The Balaban J connectivity index is 2.60. The molecule has 0 aliphatic heterocycles. The number of benzene rings is 1. The van der Waals surface area contributed by atoms with Crippen LogP contribution < -0.4 is 0 Å². The first-order valence-electron chi connectivity index (χ1n) is 5.30. The molecule has 2 heteroatoms. The third-order valence-corrected chi connectivity index (χ3v) is 1.97. The summed E-state index contributed by atoms with van der Waals surface area (Å²) in [6, 6.07) is 9.94. The molecule has 84 valence electrons. The van der Waals surface area contributed by atoms with Crippen molar-refractivity contribution < 1.29 is 9.53 Å². The minimum atomic E-state index is -0.294. The van der Waals surface area contributed by atoms with Crippen molar-refractivity contribution in [2.45, 2.75) is 13.8 Å². The number of hydrogen-bond donors (Lipinski definition) is 0. The number of ether oxygens (including phenoxy) is 1. The molecule has 0 N–H and O–H groups in total. The second-order valence-electron chi connectivity index (χ2n) is 3.38. The number of hydrogen-bond acceptors (Lipinski definition) is 2. The van der Waals surface area contributed by atoms with Crippen molar-refractivity contribution in [3.05, 3.63) is 53.6 Å². The van der Waals surface area contributed by atoms with Gasteiger partial charge in [0.1, 0.15) is 0 Å². The lowest BCUT2D eigenvalue weighted by Gasteiger charge is -1.96. The Morgan fingerprint density at radius 2 is 2.00 bits per heavy atom. The van der Waals surface area contributed by atoms with Crippen LogP contribution in [0.25, 0.3) is 6.08 Å². The second-order valence-corrected chi connectivity index (χ2v) is 3.38. The lowest BCUT2D eigenvalue weighted by atomic mass is 10.1. The van der Waals surface area contributed by atoms with Gasteiger partial charge in [-0.2, -0.15) is 0 Å². The fourth-order valence-corrected chi connectivity index (χ4v) is 1.21. The molecule has 0 spiro atoms. The van der Waals surface area contributed by atoms with E-state index < -0.39 is 0 Å². The smallest absolute Gasteiger partial charge is 0.330 e. The zero-order valence-corrected chi connectivity index (χ0v) is 9.64. The summed E-state index contributed by atoms with van der Waals surface area (Å²) in [5.74, 6) is -0.294. The molecule has 0 heterocycles. The van der Waals surface area contributed by atoms with Crippen LogP contribution in [0, 0.1) is 0 Å². The van der Waals surface area contributed by atoms with Crippen molar-refractivity contribution in [1.82, 2.24) is 0 Å². The van der Waals surface area contributed by atoms with Gasteiger partial charge < -0.3 is 4.74 Å². The number of rotatable bonds is 4. The van der Waals surface area contributed by atoms with Crippen LogP contribution in [0.3, 0.4) is 0 Å². The van der Waals surface area contributed by atoms with Gasteiger partial charge in [-0.3, -0.25) is 0 Å². The summed E-state index contributed by atoms with van der Waals surface area (Å²) in [6.07, 6.45) is 5.35. The first-order chi connectivity index (χ1) is 7.72. The summed E-state index contributed by atoms with van der Waals surface area (Å²) in [7, 11) is 0. The van der Waals surface area contributed by atoms with Crippen LogP contribution in [-0.2, 0) is 9.53 Å². The summed E-state index contributed by atoms with van der Waals surface area (Å²) in [6.45, 7) is 4.07. The van der Waals surface area contributed by atoms with Crippen molar-refractivity contribution in [1.29, 1.82) is 0 Å². The zero-order valence-electron chi connectivity index (χ0n) is 9.64. The van der Waals surface area contributed by atoms with Gasteiger partial charge in [-0.15, -0.1) is 0 Å². The quantitative estimate of drug-likeness (QED) is 0.439. The predicted molar refractivity (Wildman–Crippen MR) is 65.9 cm³/mol. The van der Waals surface area contributed by atoms with Gasteiger partial charge in [-0.05, 0) is 25.0 Å². The molecule has 0 aromatic heterocycles. The average molecular weight is 216 g/mol. The SMILES string of the molecule is CCOC(=O)C=C(C)C=Cc1ccccc1. The van der Waals surface area contributed by atoms with Gasteiger partial charge >= 0.3 is 5.97 Å². The molecule has 0 fully saturated rings. The lowest BCUT2D eigenvalue weighted by molar-refractivity contribution is -0.137. The number of carbonyl (C=O) groups excluding carboxylic acids is 1. The van der Waals surface area contributed by atoms with E-state index in [0.29, 0.717) is 6.61 Å². The first kappa shape index (κ1) is 12.2. The largest absolute Gasteiger partial charge is 0.463 e. The van der Waals surface area contributed by atoms with E-state index >= 15 is 0 Å². The Kier molecular flexibility index (Phi) is 5.06. The van der Waals surface area contributed by atoms with E-state index in [1.165, 1.54) is 6.08 Å². The topological polar surface area (TPSA) is 26.3 Å². The van der Waals surface area contributed by atoms with Gasteiger partial charge in [0.25, 0.3) is 0 Å². The highest BCUT2D eigenvalue weighted by atomic mass is 16.5. The Morgan fingerprint density at radius 3 is 2.62 bits per heavy atom. The Hall–Kier alpha value is -1.83. The molecule has 16 heavy (non-hydrogen) atoms. The van der Waals surface area contributed by atoms with Crippen molar-refractivity contribution in [3.63, 3.8) is 0 Å². The fourth-order valence-electron chi connectivity index (χ4n) is 1.21. The maximum absolute atomic E-state index is 11.1. The summed E-state index contributed by atoms with van der Waals surface area (Å²) in [5, 5.41) is 0. The third-order valence-electron chi connectivity index (χ3n) is 1.97. The van der Waals surface area contributed by atoms with Crippen LogP contribution in [0.15, 0.2) is 48.1 Å². The predicted octanol–water partition coefficient (Wildman–Crippen LogP) is 3.21. The average Bonchev–Trinajstić information content (AvgIpc) is 2.28. The molecule has 0 unspecified atom stereocenters. The van der Waals surface area contributed by atoms with Gasteiger partial charge in [0, 0.05) is 6.08 Å². The molecule has 1 aromatic rings. The molecular weight excluding hydrogens is 200 g/mol. The molecule has 0 amide bonds. The van der Waals surface area contributed by atoms with Gasteiger partial charge in [0.2, 0.25) is 0 Å². The highest BCUT2D eigenvalue weighted by Crippen LogP contribution is 2.04. The van der Waals surface area contributed by atoms with Gasteiger partial charge in [0.05, 0.1) is 6.61 Å². The zero-order chi connectivity index (χ0) is 11.8.